The Hall–Kier alpha value is -0.550. The Morgan fingerprint density at radius 1 is 1.56 bits per heavy atom. The van der Waals surface area contributed by atoms with Crippen LogP contribution in [0.4, 0.5) is 4.39 Å². The summed E-state index contributed by atoms with van der Waals surface area (Å²) in [4.78, 5) is 10.8. The molecule has 16 heavy (non-hydrogen) atoms. The van der Waals surface area contributed by atoms with E-state index in [1.165, 1.54) is 13.2 Å². The third-order valence-electron chi connectivity index (χ3n) is 1.97. The summed E-state index contributed by atoms with van der Waals surface area (Å²) in [6, 6.07) is 4.95. The molecule has 0 bridgehead atoms. The van der Waals surface area contributed by atoms with Crippen LogP contribution in [0.5, 0.6) is 0 Å². The van der Waals surface area contributed by atoms with Gasteiger partial charge in [0.15, 0.2) is 0 Å². The third kappa shape index (κ3) is 4.14. The van der Waals surface area contributed by atoms with Gasteiger partial charge in [-0.2, -0.15) is 11.8 Å². The van der Waals surface area contributed by atoms with Gasteiger partial charge in [0.2, 0.25) is 0 Å². The number of halogens is 2. The highest BCUT2D eigenvalue weighted by Crippen LogP contribution is 2.24. The molecular formula is C11H12BrFO2S. The second-order valence-electron chi connectivity index (χ2n) is 3.09. The van der Waals surface area contributed by atoms with Crippen LogP contribution in [0.1, 0.15) is 12.0 Å². The summed E-state index contributed by atoms with van der Waals surface area (Å²) in [6.07, 6.45) is 0.383. The Labute approximate surface area is 107 Å². The number of methoxy groups -OCH3 is 1. The first-order valence-corrected chi connectivity index (χ1v) is 6.67. The van der Waals surface area contributed by atoms with Crippen LogP contribution < -0.4 is 0 Å². The molecule has 0 radical (unpaired) electrons. The minimum absolute atomic E-state index is 0.217. The van der Waals surface area contributed by atoms with Gasteiger partial charge in [0.25, 0.3) is 0 Å². The molecule has 0 heterocycles. The van der Waals surface area contributed by atoms with E-state index in [0.29, 0.717) is 22.4 Å². The maximum atomic E-state index is 13.1. The summed E-state index contributed by atoms with van der Waals surface area (Å²) in [5.41, 5.74) is 0.898. The van der Waals surface area contributed by atoms with Crippen LogP contribution in [0.25, 0.3) is 0 Å². The van der Waals surface area contributed by atoms with Gasteiger partial charge in [-0.25, -0.2) is 4.39 Å². The van der Waals surface area contributed by atoms with Gasteiger partial charge >= 0.3 is 5.97 Å². The maximum Gasteiger partial charge on any atom is 0.306 e. The fourth-order valence-electron chi connectivity index (χ4n) is 1.10. The average Bonchev–Trinajstić information content (AvgIpc) is 2.29. The molecule has 0 N–H and O–H groups in total. The van der Waals surface area contributed by atoms with E-state index in [-0.39, 0.29) is 11.8 Å². The van der Waals surface area contributed by atoms with Crippen molar-refractivity contribution >= 4 is 33.7 Å². The molecule has 0 aromatic heterocycles. The van der Waals surface area contributed by atoms with E-state index in [4.69, 9.17) is 0 Å². The zero-order valence-corrected chi connectivity index (χ0v) is 11.2. The van der Waals surface area contributed by atoms with E-state index in [0.717, 1.165) is 5.56 Å². The molecule has 5 heteroatoms. The van der Waals surface area contributed by atoms with E-state index in [2.05, 4.69) is 20.7 Å². The number of benzene rings is 1. The van der Waals surface area contributed by atoms with Crippen molar-refractivity contribution in [2.75, 3.05) is 12.9 Å². The van der Waals surface area contributed by atoms with Crippen LogP contribution >= 0.6 is 27.7 Å². The lowest BCUT2D eigenvalue weighted by Crippen LogP contribution is -2.01. The van der Waals surface area contributed by atoms with Crippen molar-refractivity contribution in [3.05, 3.63) is 34.1 Å². The van der Waals surface area contributed by atoms with Gasteiger partial charge in [-0.15, -0.1) is 0 Å². The number of rotatable bonds is 5. The Balaban J connectivity index is 2.38. The first-order valence-electron chi connectivity index (χ1n) is 4.72. The molecule has 0 amide bonds. The lowest BCUT2D eigenvalue weighted by Gasteiger charge is -2.04. The van der Waals surface area contributed by atoms with E-state index in [1.54, 1.807) is 17.8 Å². The Kier molecular flexibility index (Phi) is 5.84. The van der Waals surface area contributed by atoms with Crippen LogP contribution in [0.2, 0.25) is 0 Å². The van der Waals surface area contributed by atoms with Crippen LogP contribution in [0.15, 0.2) is 22.7 Å². The van der Waals surface area contributed by atoms with Gasteiger partial charge in [-0.05, 0) is 27.6 Å². The summed E-state index contributed by atoms with van der Waals surface area (Å²) in [7, 11) is 1.37. The Morgan fingerprint density at radius 2 is 2.31 bits per heavy atom. The van der Waals surface area contributed by atoms with E-state index in [9.17, 15) is 9.18 Å². The van der Waals surface area contributed by atoms with Crippen molar-refractivity contribution in [1.82, 2.24) is 0 Å². The molecule has 0 fully saturated rings. The Bertz CT molecular complexity index is 371. The molecule has 0 aliphatic heterocycles. The summed E-state index contributed by atoms with van der Waals surface area (Å²) in [5, 5.41) is 0. The maximum absolute atomic E-state index is 13.1. The van der Waals surface area contributed by atoms with Crippen molar-refractivity contribution in [2.45, 2.75) is 12.2 Å². The van der Waals surface area contributed by atoms with Crippen molar-refractivity contribution in [3.8, 4) is 0 Å². The number of thioether (sulfide) groups is 1. The zero-order valence-electron chi connectivity index (χ0n) is 8.83. The second-order valence-corrected chi connectivity index (χ2v) is 4.99. The normalized spacial score (nSPS) is 10.2. The lowest BCUT2D eigenvalue weighted by atomic mass is 10.2. The van der Waals surface area contributed by atoms with Gasteiger partial charge in [0.1, 0.15) is 5.82 Å². The number of hydrogen-bond acceptors (Lipinski definition) is 3. The number of esters is 1. The SMILES string of the molecule is COC(=O)CCSCc1cccc(F)c1Br. The summed E-state index contributed by atoms with van der Waals surface area (Å²) in [5.74, 6) is 0.877. The van der Waals surface area contributed by atoms with Gasteiger partial charge in [0, 0.05) is 11.5 Å². The number of carbonyl (C=O) groups is 1. The molecule has 0 aliphatic rings. The molecule has 2 nitrogen and oxygen atoms in total. The van der Waals surface area contributed by atoms with Crippen molar-refractivity contribution < 1.29 is 13.9 Å². The molecular weight excluding hydrogens is 295 g/mol. The summed E-state index contributed by atoms with van der Waals surface area (Å²) >= 11 is 4.77. The first-order chi connectivity index (χ1) is 7.65. The van der Waals surface area contributed by atoms with Crippen LogP contribution in [0, 0.1) is 5.82 Å². The van der Waals surface area contributed by atoms with Crippen LogP contribution in [-0.4, -0.2) is 18.8 Å². The van der Waals surface area contributed by atoms with E-state index < -0.39 is 0 Å². The predicted octanol–water partition coefficient (Wildman–Crippen LogP) is 3.38. The van der Waals surface area contributed by atoms with Gasteiger partial charge in [0.05, 0.1) is 18.0 Å². The fraction of sp³-hybridized carbons (Fsp3) is 0.364. The average molecular weight is 307 g/mol. The highest BCUT2D eigenvalue weighted by atomic mass is 79.9. The quantitative estimate of drug-likeness (QED) is 0.616. The fourth-order valence-corrected chi connectivity index (χ4v) is 2.61. The van der Waals surface area contributed by atoms with Crippen molar-refractivity contribution in [3.63, 3.8) is 0 Å². The third-order valence-corrected chi connectivity index (χ3v) is 3.86. The van der Waals surface area contributed by atoms with Crippen molar-refractivity contribution in [2.24, 2.45) is 0 Å². The van der Waals surface area contributed by atoms with E-state index in [1.807, 2.05) is 6.07 Å². The minimum atomic E-state index is -0.258. The number of hydrogen-bond donors (Lipinski definition) is 0. The molecule has 0 atom stereocenters. The molecule has 1 rings (SSSR count). The monoisotopic (exact) mass is 306 g/mol. The highest BCUT2D eigenvalue weighted by molar-refractivity contribution is 9.10. The summed E-state index contributed by atoms with van der Waals surface area (Å²) in [6.45, 7) is 0. The van der Waals surface area contributed by atoms with Gasteiger partial charge < -0.3 is 4.74 Å². The second kappa shape index (κ2) is 6.91. The zero-order chi connectivity index (χ0) is 12.0. The topological polar surface area (TPSA) is 26.3 Å². The van der Waals surface area contributed by atoms with Crippen LogP contribution in [-0.2, 0) is 15.3 Å². The highest BCUT2D eigenvalue weighted by Gasteiger charge is 2.05. The lowest BCUT2D eigenvalue weighted by molar-refractivity contribution is -0.140. The van der Waals surface area contributed by atoms with Crippen molar-refractivity contribution in [1.29, 1.82) is 0 Å². The van der Waals surface area contributed by atoms with Crippen LogP contribution in [0.3, 0.4) is 0 Å². The minimum Gasteiger partial charge on any atom is -0.469 e. The molecule has 0 saturated heterocycles. The van der Waals surface area contributed by atoms with Gasteiger partial charge in [-0.1, -0.05) is 12.1 Å². The molecule has 1 aromatic rings. The largest absolute Gasteiger partial charge is 0.469 e. The number of carbonyl (C=O) groups excluding carboxylic acids is 1. The predicted molar refractivity (Wildman–Crippen MR) is 66.9 cm³/mol. The number of ether oxygens (including phenoxy) is 1. The van der Waals surface area contributed by atoms with E-state index >= 15 is 0 Å². The standard InChI is InChI=1S/C11H12BrFO2S/c1-15-10(14)5-6-16-7-8-3-2-4-9(13)11(8)12/h2-4H,5-7H2,1H3. The summed E-state index contributed by atoms with van der Waals surface area (Å²) < 4.78 is 18.2. The molecule has 88 valence electrons. The molecule has 0 saturated carbocycles. The smallest absolute Gasteiger partial charge is 0.306 e. The Morgan fingerprint density at radius 3 is 3.00 bits per heavy atom. The molecule has 0 spiro atoms. The molecule has 0 unspecified atom stereocenters. The van der Waals surface area contributed by atoms with Gasteiger partial charge in [-0.3, -0.25) is 4.79 Å². The molecule has 0 aliphatic carbocycles. The molecule has 1 aromatic carbocycles. The first kappa shape index (κ1) is 13.5.